The number of aryl methyl sites for hydroxylation is 1. The summed E-state index contributed by atoms with van der Waals surface area (Å²) in [5, 5.41) is 6.81. The van der Waals surface area contributed by atoms with Crippen LogP contribution in [0, 0.1) is 6.92 Å². The molecule has 0 spiro atoms. The molecule has 4 N–H and O–H groups in total. The highest BCUT2D eigenvalue weighted by atomic mass is 32.2. The molecule has 0 aliphatic rings. The van der Waals surface area contributed by atoms with E-state index in [0.29, 0.717) is 36.1 Å². The number of aromatic nitrogens is 2. The highest BCUT2D eigenvalue weighted by Gasteiger charge is 2.17. The van der Waals surface area contributed by atoms with Gasteiger partial charge in [-0.1, -0.05) is 5.16 Å². The molecular weight excluding hydrogens is 294 g/mol. The van der Waals surface area contributed by atoms with Gasteiger partial charge >= 0.3 is 0 Å². The molecule has 0 fully saturated rings. The molecule has 2 aromatic rings. The lowest BCUT2D eigenvalue weighted by molar-refractivity contribution is 0.387. The van der Waals surface area contributed by atoms with Crippen LogP contribution in [0.5, 0.6) is 0 Å². The maximum absolute atomic E-state index is 12.0. The van der Waals surface area contributed by atoms with Crippen molar-refractivity contribution in [1.82, 2.24) is 14.9 Å². The summed E-state index contributed by atoms with van der Waals surface area (Å²) >= 11 is 0. The van der Waals surface area contributed by atoms with Crippen molar-refractivity contribution in [3.05, 3.63) is 29.9 Å². The molecule has 0 atom stereocenters. The predicted molar refractivity (Wildman–Crippen MR) is 78.3 cm³/mol. The monoisotopic (exact) mass is 311 g/mol. The molecule has 8 nitrogen and oxygen atoms in total. The summed E-state index contributed by atoms with van der Waals surface area (Å²) in [6.45, 7) is 2.18. The van der Waals surface area contributed by atoms with Crippen molar-refractivity contribution in [2.75, 3.05) is 24.6 Å². The highest BCUT2D eigenvalue weighted by molar-refractivity contribution is 7.89. The third-order valence-electron chi connectivity index (χ3n) is 2.80. The van der Waals surface area contributed by atoms with Gasteiger partial charge in [0, 0.05) is 25.6 Å². The number of benzene rings is 1. The molecule has 0 aliphatic carbocycles. The summed E-state index contributed by atoms with van der Waals surface area (Å²) in [6, 6.07) is 4.67. The van der Waals surface area contributed by atoms with Gasteiger partial charge in [0.2, 0.25) is 15.9 Å². The third kappa shape index (κ3) is 3.70. The summed E-state index contributed by atoms with van der Waals surface area (Å²) in [4.78, 5) is 4.18. The van der Waals surface area contributed by atoms with Gasteiger partial charge < -0.3 is 15.6 Å². The average molecular weight is 311 g/mol. The number of nitrogens with one attached hydrogen (secondary N) is 2. The Morgan fingerprint density at radius 3 is 2.76 bits per heavy atom. The van der Waals surface area contributed by atoms with Crippen LogP contribution in [0.4, 0.5) is 11.4 Å². The zero-order valence-corrected chi connectivity index (χ0v) is 12.6. The standard InChI is InChI=1S/C12H17N5O3S/c1-8-16-12(17-20-8)5-6-15-10-4-3-9(13)7-11(10)21(18,19)14-2/h3-4,7,14-15H,5-6,13H2,1-2H3. The first kappa shape index (κ1) is 15.3. The second-order valence-electron chi connectivity index (χ2n) is 4.37. The quantitative estimate of drug-likeness (QED) is 0.664. The minimum absolute atomic E-state index is 0.106. The number of nitrogens with zero attached hydrogens (tertiary/aromatic N) is 2. The maximum atomic E-state index is 12.0. The Bertz CT molecular complexity index is 726. The smallest absolute Gasteiger partial charge is 0.242 e. The van der Waals surface area contributed by atoms with Gasteiger partial charge in [-0.15, -0.1) is 0 Å². The fourth-order valence-corrected chi connectivity index (χ4v) is 2.71. The molecule has 2 rings (SSSR count). The summed E-state index contributed by atoms with van der Waals surface area (Å²) in [7, 11) is -2.23. The first-order valence-electron chi connectivity index (χ1n) is 6.28. The van der Waals surface area contributed by atoms with Crippen LogP contribution in [0.2, 0.25) is 0 Å². The molecule has 0 saturated heterocycles. The highest BCUT2D eigenvalue weighted by Crippen LogP contribution is 2.23. The third-order valence-corrected chi connectivity index (χ3v) is 4.25. The Hall–Kier alpha value is -2.13. The zero-order chi connectivity index (χ0) is 15.5. The molecule has 1 heterocycles. The SMILES string of the molecule is CNS(=O)(=O)c1cc(N)ccc1NCCc1noc(C)n1. The van der Waals surface area contributed by atoms with E-state index in [1.54, 1.807) is 19.1 Å². The number of sulfonamides is 1. The lowest BCUT2D eigenvalue weighted by atomic mass is 10.2. The second kappa shape index (κ2) is 6.10. The topological polar surface area (TPSA) is 123 Å². The normalized spacial score (nSPS) is 11.5. The van der Waals surface area contributed by atoms with E-state index in [-0.39, 0.29) is 4.90 Å². The molecule has 0 bridgehead atoms. The van der Waals surface area contributed by atoms with Crippen molar-refractivity contribution in [3.63, 3.8) is 0 Å². The molecule has 114 valence electrons. The summed E-state index contributed by atoms with van der Waals surface area (Å²) in [6.07, 6.45) is 0.515. The Morgan fingerprint density at radius 1 is 1.38 bits per heavy atom. The first-order chi connectivity index (χ1) is 9.92. The fraction of sp³-hybridized carbons (Fsp3) is 0.333. The van der Waals surface area contributed by atoms with Crippen molar-refractivity contribution in [3.8, 4) is 0 Å². The number of nitrogens with two attached hydrogens (primary N) is 1. The largest absolute Gasteiger partial charge is 0.399 e. The molecule has 9 heteroatoms. The van der Waals surface area contributed by atoms with Crippen LogP contribution in [0.15, 0.2) is 27.6 Å². The lowest BCUT2D eigenvalue weighted by Gasteiger charge is -2.12. The van der Waals surface area contributed by atoms with Crippen LogP contribution in [-0.2, 0) is 16.4 Å². The predicted octanol–water partition coefficient (Wildman–Crippen LogP) is 0.523. The maximum Gasteiger partial charge on any atom is 0.242 e. The second-order valence-corrected chi connectivity index (χ2v) is 6.22. The van der Waals surface area contributed by atoms with Gasteiger partial charge in [-0.2, -0.15) is 4.98 Å². The number of anilines is 2. The van der Waals surface area contributed by atoms with E-state index >= 15 is 0 Å². The van der Waals surface area contributed by atoms with Crippen LogP contribution in [-0.4, -0.2) is 32.2 Å². The Labute approximate surface area is 122 Å². The molecule has 0 unspecified atom stereocenters. The van der Waals surface area contributed by atoms with Gasteiger partial charge in [0.1, 0.15) is 4.90 Å². The van der Waals surface area contributed by atoms with Crippen LogP contribution in [0.3, 0.4) is 0 Å². The minimum Gasteiger partial charge on any atom is -0.399 e. The van der Waals surface area contributed by atoms with Gasteiger partial charge in [0.25, 0.3) is 0 Å². The Balaban J connectivity index is 2.13. The fourth-order valence-electron chi connectivity index (χ4n) is 1.77. The molecule has 1 aromatic carbocycles. The van der Waals surface area contributed by atoms with Crippen molar-refractivity contribution in [2.45, 2.75) is 18.2 Å². The molecule has 0 amide bonds. The van der Waals surface area contributed by atoms with Crippen molar-refractivity contribution in [2.24, 2.45) is 0 Å². The molecule has 0 aliphatic heterocycles. The zero-order valence-electron chi connectivity index (χ0n) is 11.8. The molecule has 0 radical (unpaired) electrons. The Kier molecular flexibility index (Phi) is 4.43. The van der Waals surface area contributed by atoms with Gasteiger partial charge in [-0.3, -0.25) is 0 Å². The van der Waals surface area contributed by atoms with E-state index in [2.05, 4.69) is 20.2 Å². The number of nitrogen functional groups attached to an aromatic ring is 1. The summed E-state index contributed by atoms with van der Waals surface area (Å²) < 4.78 is 31.1. The van der Waals surface area contributed by atoms with Crippen LogP contribution in [0.25, 0.3) is 0 Å². The molecule has 0 saturated carbocycles. The van der Waals surface area contributed by atoms with Crippen molar-refractivity contribution in [1.29, 1.82) is 0 Å². The number of rotatable bonds is 6. The van der Waals surface area contributed by atoms with Crippen molar-refractivity contribution < 1.29 is 12.9 Å². The van der Waals surface area contributed by atoms with E-state index in [4.69, 9.17) is 10.3 Å². The van der Waals surface area contributed by atoms with E-state index in [0.717, 1.165) is 0 Å². The van der Waals surface area contributed by atoms with Crippen molar-refractivity contribution >= 4 is 21.4 Å². The van der Waals surface area contributed by atoms with Gasteiger partial charge in [-0.05, 0) is 25.2 Å². The first-order valence-corrected chi connectivity index (χ1v) is 7.77. The summed E-state index contributed by atoms with van der Waals surface area (Å²) in [5.41, 5.74) is 6.50. The minimum atomic E-state index is -3.58. The molecule has 1 aromatic heterocycles. The number of hydrogen-bond donors (Lipinski definition) is 3. The van der Waals surface area contributed by atoms with E-state index < -0.39 is 10.0 Å². The van der Waals surface area contributed by atoms with Crippen LogP contribution >= 0.6 is 0 Å². The van der Waals surface area contributed by atoms with Gasteiger partial charge in [-0.25, -0.2) is 13.1 Å². The average Bonchev–Trinajstić information content (AvgIpc) is 2.86. The van der Waals surface area contributed by atoms with Gasteiger partial charge in [0.05, 0.1) is 5.69 Å². The molecule has 21 heavy (non-hydrogen) atoms. The number of hydrogen-bond acceptors (Lipinski definition) is 7. The lowest BCUT2D eigenvalue weighted by Crippen LogP contribution is -2.21. The Morgan fingerprint density at radius 2 is 2.14 bits per heavy atom. The van der Waals surface area contributed by atoms with E-state index in [1.165, 1.54) is 13.1 Å². The van der Waals surface area contributed by atoms with Gasteiger partial charge in [0.15, 0.2) is 5.82 Å². The molecular formula is C12H17N5O3S. The van der Waals surface area contributed by atoms with Crippen LogP contribution in [0.1, 0.15) is 11.7 Å². The van der Waals surface area contributed by atoms with E-state index in [9.17, 15) is 8.42 Å². The summed E-state index contributed by atoms with van der Waals surface area (Å²) in [5.74, 6) is 1.06. The van der Waals surface area contributed by atoms with E-state index in [1.807, 2.05) is 0 Å². The van der Waals surface area contributed by atoms with Crippen LogP contribution < -0.4 is 15.8 Å².